The summed E-state index contributed by atoms with van der Waals surface area (Å²) in [4.78, 5) is 26.9. The molecule has 2 amide bonds. The van der Waals surface area contributed by atoms with Crippen LogP contribution in [0, 0.1) is 19.8 Å². The maximum Gasteiger partial charge on any atom is 0.227 e. The van der Waals surface area contributed by atoms with Crippen molar-refractivity contribution in [3.05, 3.63) is 65.2 Å². The Labute approximate surface area is 148 Å². The largest absolute Gasteiger partial charge is 0.349 e. The first-order chi connectivity index (χ1) is 12.0. The van der Waals surface area contributed by atoms with Crippen LogP contribution in [0.3, 0.4) is 0 Å². The highest BCUT2D eigenvalue weighted by Crippen LogP contribution is 2.31. The fourth-order valence-corrected chi connectivity index (χ4v) is 3.49. The Morgan fingerprint density at radius 3 is 2.36 bits per heavy atom. The Morgan fingerprint density at radius 1 is 1.08 bits per heavy atom. The predicted octanol–water partition coefficient (Wildman–Crippen LogP) is 3.53. The Balaban J connectivity index is 1.71. The number of hydrogen-bond donors (Lipinski definition) is 1. The van der Waals surface area contributed by atoms with Gasteiger partial charge in [-0.3, -0.25) is 9.59 Å². The minimum atomic E-state index is -0.308. The van der Waals surface area contributed by atoms with Crippen molar-refractivity contribution < 1.29 is 9.59 Å². The average molecular weight is 336 g/mol. The summed E-state index contributed by atoms with van der Waals surface area (Å²) in [5, 5.41) is 3.04. The second-order valence-corrected chi connectivity index (χ2v) is 6.79. The molecule has 0 spiro atoms. The van der Waals surface area contributed by atoms with Crippen molar-refractivity contribution in [1.82, 2.24) is 5.32 Å². The fraction of sp³-hybridized carbons (Fsp3) is 0.333. The van der Waals surface area contributed by atoms with E-state index in [2.05, 4.69) is 5.32 Å². The zero-order valence-corrected chi connectivity index (χ0v) is 15.0. The van der Waals surface area contributed by atoms with Crippen LogP contribution in [0.5, 0.6) is 0 Å². The molecule has 0 aromatic heterocycles. The molecule has 1 N–H and O–H groups in total. The summed E-state index contributed by atoms with van der Waals surface area (Å²) in [5.74, 6) is -0.346. The Morgan fingerprint density at radius 2 is 1.72 bits per heavy atom. The van der Waals surface area contributed by atoms with E-state index in [0.717, 1.165) is 22.4 Å². The summed E-state index contributed by atoms with van der Waals surface area (Å²) in [6.45, 7) is 6.41. The van der Waals surface area contributed by atoms with Gasteiger partial charge in [-0.1, -0.05) is 48.5 Å². The number of rotatable bonds is 4. The van der Waals surface area contributed by atoms with E-state index in [1.54, 1.807) is 4.90 Å². The van der Waals surface area contributed by atoms with Gasteiger partial charge in [0, 0.05) is 18.7 Å². The molecule has 2 atom stereocenters. The molecular formula is C21H24N2O2. The SMILES string of the molecule is Cc1cccc(C)c1N1C[C@@H](C(=O)N[C@@H](C)c2ccccc2)CC1=O. The first-order valence-corrected chi connectivity index (χ1v) is 8.69. The minimum absolute atomic E-state index is 0.0184. The number of benzene rings is 2. The molecule has 0 aliphatic carbocycles. The maximum absolute atomic E-state index is 12.6. The van der Waals surface area contributed by atoms with Crippen molar-refractivity contribution in [2.24, 2.45) is 5.92 Å². The van der Waals surface area contributed by atoms with Gasteiger partial charge < -0.3 is 10.2 Å². The molecule has 1 fully saturated rings. The second-order valence-electron chi connectivity index (χ2n) is 6.79. The summed E-state index contributed by atoms with van der Waals surface area (Å²) in [6.07, 6.45) is 0.265. The molecule has 0 bridgehead atoms. The number of amides is 2. The summed E-state index contributed by atoms with van der Waals surface area (Å²) < 4.78 is 0. The summed E-state index contributed by atoms with van der Waals surface area (Å²) >= 11 is 0. The first kappa shape index (κ1) is 17.2. The zero-order valence-electron chi connectivity index (χ0n) is 15.0. The molecule has 0 unspecified atom stereocenters. The topological polar surface area (TPSA) is 49.4 Å². The highest BCUT2D eigenvalue weighted by Gasteiger charge is 2.36. The summed E-state index contributed by atoms with van der Waals surface area (Å²) in [7, 11) is 0. The van der Waals surface area contributed by atoms with Gasteiger partial charge in [-0.2, -0.15) is 0 Å². The molecule has 0 saturated carbocycles. The van der Waals surface area contributed by atoms with E-state index in [-0.39, 0.29) is 30.2 Å². The number of carbonyl (C=O) groups is 2. The van der Waals surface area contributed by atoms with Crippen LogP contribution in [0.2, 0.25) is 0 Å². The lowest BCUT2D eigenvalue weighted by atomic mass is 10.0. The van der Waals surface area contributed by atoms with Gasteiger partial charge in [-0.25, -0.2) is 0 Å². The van der Waals surface area contributed by atoms with Crippen molar-refractivity contribution in [2.45, 2.75) is 33.2 Å². The molecule has 1 heterocycles. The Hall–Kier alpha value is -2.62. The van der Waals surface area contributed by atoms with Crippen LogP contribution in [-0.2, 0) is 9.59 Å². The Kier molecular flexibility index (Phi) is 4.88. The van der Waals surface area contributed by atoms with E-state index >= 15 is 0 Å². The third-order valence-electron chi connectivity index (χ3n) is 4.86. The van der Waals surface area contributed by atoms with Crippen molar-refractivity contribution in [3.63, 3.8) is 0 Å². The van der Waals surface area contributed by atoms with Crippen molar-refractivity contribution in [3.8, 4) is 0 Å². The van der Waals surface area contributed by atoms with E-state index in [0.29, 0.717) is 6.54 Å². The Bertz CT molecular complexity index is 765. The van der Waals surface area contributed by atoms with E-state index in [1.165, 1.54) is 0 Å². The normalized spacial score (nSPS) is 18.3. The van der Waals surface area contributed by atoms with Gasteiger partial charge in [0.2, 0.25) is 11.8 Å². The molecular weight excluding hydrogens is 312 g/mol. The van der Waals surface area contributed by atoms with Crippen molar-refractivity contribution >= 4 is 17.5 Å². The van der Waals surface area contributed by atoms with Crippen LogP contribution in [-0.4, -0.2) is 18.4 Å². The molecule has 4 nitrogen and oxygen atoms in total. The van der Waals surface area contributed by atoms with Gasteiger partial charge in [-0.15, -0.1) is 0 Å². The third kappa shape index (κ3) is 3.58. The number of para-hydroxylation sites is 1. The molecule has 4 heteroatoms. The van der Waals surface area contributed by atoms with Crippen LogP contribution in [0.4, 0.5) is 5.69 Å². The lowest BCUT2D eigenvalue weighted by Crippen LogP contribution is -2.34. The molecule has 1 saturated heterocycles. The molecule has 2 aromatic rings. The smallest absolute Gasteiger partial charge is 0.227 e. The van der Waals surface area contributed by atoms with Gasteiger partial charge in [0.15, 0.2) is 0 Å². The van der Waals surface area contributed by atoms with Crippen molar-refractivity contribution in [1.29, 1.82) is 0 Å². The zero-order chi connectivity index (χ0) is 18.0. The fourth-order valence-electron chi connectivity index (χ4n) is 3.49. The van der Waals surface area contributed by atoms with Gasteiger partial charge in [0.05, 0.1) is 12.0 Å². The van der Waals surface area contributed by atoms with E-state index < -0.39 is 0 Å². The number of anilines is 1. The highest BCUT2D eigenvalue weighted by molar-refractivity contribution is 6.01. The lowest BCUT2D eigenvalue weighted by Gasteiger charge is -2.22. The third-order valence-corrected chi connectivity index (χ3v) is 4.86. The maximum atomic E-state index is 12.6. The van der Waals surface area contributed by atoms with Crippen molar-refractivity contribution in [2.75, 3.05) is 11.4 Å². The van der Waals surface area contributed by atoms with Crippen LogP contribution < -0.4 is 10.2 Å². The quantitative estimate of drug-likeness (QED) is 0.928. The van der Waals surface area contributed by atoms with E-state index in [4.69, 9.17) is 0 Å². The summed E-state index contributed by atoms with van der Waals surface area (Å²) in [6, 6.07) is 15.8. The lowest BCUT2D eigenvalue weighted by molar-refractivity contribution is -0.126. The number of nitrogens with zero attached hydrogens (tertiary/aromatic N) is 1. The molecule has 25 heavy (non-hydrogen) atoms. The molecule has 0 radical (unpaired) electrons. The standard InChI is InChI=1S/C21H24N2O2/c1-14-8-7-9-15(2)20(14)23-13-18(12-19(23)24)21(25)22-16(3)17-10-5-4-6-11-17/h4-11,16,18H,12-13H2,1-3H3,(H,22,25)/t16-,18-/m0/s1. The number of carbonyl (C=O) groups excluding carboxylic acids is 2. The van der Waals surface area contributed by atoms with Crippen LogP contribution in [0.15, 0.2) is 48.5 Å². The van der Waals surface area contributed by atoms with Gasteiger partial charge in [0.1, 0.15) is 0 Å². The number of nitrogens with one attached hydrogen (secondary N) is 1. The minimum Gasteiger partial charge on any atom is -0.349 e. The number of aryl methyl sites for hydroxylation is 2. The monoisotopic (exact) mass is 336 g/mol. The van der Waals surface area contributed by atoms with Gasteiger partial charge in [-0.05, 0) is 37.5 Å². The van der Waals surface area contributed by atoms with Crippen LogP contribution in [0.1, 0.15) is 36.1 Å². The van der Waals surface area contributed by atoms with Gasteiger partial charge in [0.25, 0.3) is 0 Å². The van der Waals surface area contributed by atoms with Crippen LogP contribution >= 0.6 is 0 Å². The number of hydrogen-bond acceptors (Lipinski definition) is 2. The predicted molar refractivity (Wildman–Crippen MR) is 99.4 cm³/mol. The molecule has 130 valence electrons. The van der Waals surface area contributed by atoms with Gasteiger partial charge >= 0.3 is 0 Å². The molecule has 3 rings (SSSR count). The highest BCUT2D eigenvalue weighted by atomic mass is 16.2. The van der Waals surface area contributed by atoms with E-state index in [1.807, 2.05) is 69.3 Å². The summed E-state index contributed by atoms with van der Waals surface area (Å²) in [5.41, 5.74) is 4.13. The second kappa shape index (κ2) is 7.09. The average Bonchev–Trinajstić information content (AvgIpc) is 2.97. The van der Waals surface area contributed by atoms with Crippen LogP contribution in [0.25, 0.3) is 0 Å². The van der Waals surface area contributed by atoms with E-state index in [9.17, 15) is 9.59 Å². The molecule has 2 aromatic carbocycles. The molecule has 1 aliphatic heterocycles. The molecule has 1 aliphatic rings. The first-order valence-electron chi connectivity index (χ1n) is 8.69.